The summed E-state index contributed by atoms with van der Waals surface area (Å²) in [7, 11) is -3.86. The van der Waals surface area contributed by atoms with E-state index in [1.807, 2.05) is 0 Å². The monoisotopic (exact) mass is 237 g/mol. The molecular formula is C9H7N3O3S. The van der Waals surface area contributed by atoms with Crippen LogP contribution in [0, 0.1) is 0 Å². The minimum Gasteiger partial charge on any atom is -0.267 e. The molecule has 7 heteroatoms. The normalized spacial score (nSPS) is 11.2. The molecule has 0 atom stereocenters. The van der Waals surface area contributed by atoms with Crippen LogP contribution in [0.4, 0.5) is 0 Å². The summed E-state index contributed by atoms with van der Waals surface area (Å²) in [5, 5.41) is 5.33. The lowest BCUT2D eigenvalue weighted by molar-refractivity contribution is 0.590. The smallest absolute Gasteiger partial charge is 0.267 e. The summed E-state index contributed by atoms with van der Waals surface area (Å²) in [6, 6.07) is 5.60. The van der Waals surface area contributed by atoms with Crippen molar-refractivity contribution in [2.45, 2.75) is 9.92 Å². The van der Waals surface area contributed by atoms with Crippen molar-refractivity contribution in [3.8, 4) is 0 Å². The molecular weight excluding hydrogens is 230 g/mol. The van der Waals surface area contributed by atoms with E-state index in [4.69, 9.17) is 0 Å². The number of hydrogen-bond donors (Lipinski definition) is 1. The number of nitrogens with zero attached hydrogens (tertiary/aromatic N) is 2. The standard InChI is InChI=1S/C9H7N3O3S/c13-9-7(4-6-11-12-9)16(14,15)8-3-1-2-5-10-8/h1-6H,(H,12,13). The molecule has 2 aromatic heterocycles. The Balaban J connectivity index is 2.66. The van der Waals surface area contributed by atoms with Gasteiger partial charge in [0.25, 0.3) is 5.56 Å². The number of nitrogens with one attached hydrogen (secondary N) is 1. The summed E-state index contributed by atoms with van der Waals surface area (Å²) < 4.78 is 23.9. The molecule has 2 rings (SSSR count). The molecule has 16 heavy (non-hydrogen) atoms. The number of rotatable bonds is 2. The number of aromatic amines is 1. The summed E-state index contributed by atoms with van der Waals surface area (Å²) in [5.41, 5.74) is -0.756. The topological polar surface area (TPSA) is 92.8 Å². The molecule has 0 saturated heterocycles. The van der Waals surface area contributed by atoms with Crippen molar-refractivity contribution < 1.29 is 8.42 Å². The van der Waals surface area contributed by atoms with Crippen LogP contribution < -0.4 is 5.56 Å². The SMILES string of the molecule is O=c1[nH]nccc1S(=O)(=O)c1ccccn1. The van der Waals surface area contributed by atoms with Crippen LogP contribution in [0.5, 0.6) is 0 Å². The minimum atomic E-state index is -3.86. The Morgan fingerprint density at radius 2 is 1.94 bits per heavy atom. The van der Waals surface area contributed by atoms with Crippen LogP contribution in [0.3, 0.4) is 0 Å². The van der Waals surface area contributed by atoms with Gasteiger partial charge in [0.05, 0.1) is 0 Å². The van der Waals surface area contributed by atoms with Gasteiger partial charge in [0.1, 0.15) is 4.90 Å². The predicted molar refractivity (Wildman–Crippen MR) is 54.5 cm³/mol. The Morgan fingerprint density at radius 3 is 2.56 bits per heavy atom. The van der Waals surface area contributed by atoms with Crippen molar-refractivity contribution in [1.82, 2.24) is 15.2 Å². The number of aromatic nitrogens is 3. The number of sulfone groups is 1. The minimum absolute atomic E-state index is 0.160. The Kier molecular flexibility index (Phi) is 2.53. The van der Waals surface area contributed by atoms with Crippen LogP contribution in [0.25, 0.3) is 0 Å². The van der Waals surface area contributed by atoms with Crippen LogP contribution in [-0.2, 0) is 9.84 Å². The van der Waals surface area contributed by atoms with Crippen LogP contribution in [0.15, 0.2) is 51.4 Å². The first kappa shape index (κ1) is 10.5. The van der Waals surface area contributed by atoms with Crippen LogP contribution in [0.2, 0.25) is 0 Å². The summed E-state index contributed by atoms with van der Waals surface area (Å²) >= 11 is 0. The van der Waals surface area contributed by atoms with Gasteiger partial charge < -0.3 is 0 Å². The highest BCUT2D eigenvalue weighted by Crippen LogP contribution is 2.13. The molecule has 0 aliphatic heterocycles. The second kappa shape index (κ2) is 3.86. The fraction of sp³-hybridized carbons (Fsp3) is 0. The quantitative estimate of drug-likeness (QED) is 0.793. The summed E-state index contributed by atoms with van der Waals surface area (Å²) in [6.45, 7) is 0. The van der Waals surface area contributed by atoms with E-state index in [0.29, 0.717) is 0 Å². The fourth-order valence-corrected chi connectivity index (χ4v) is 2.37. The Labute approximate surface area is 90.9 Å². The average molecular weight is 237 g/mol. The predicted octanol–water partition coefficient (Wildman–Crippen LogP) is -0.00230. The third kappa shape index (κ3) is 1.72. The first-order chi connectivity index (χ1) is 7.62. The van der Waals surface area contributed by atoms with Gasteiger partial charge in [0.2, 0.25) is 9.84 Å². The lowest BCUT2D eigenvalue weighted by Gasteiger charge is -2.00. The lowest BCUT2D eigenvalue weighted by atomic mass is 10.5. The number of pyridine rings is 1. The van der Waals surface area contributed by atoms with E-state index >= 15 is 0 Å². The molecule has 0 aliphatic carbocycles. The number of H-pyrrole nitrogens is 1. The summed E-state index contributed by atoms with van der Waals surface area (Å²) in [4.78, 5) is 14.7. The van der Waals surface area contributed by atoms with Crippen LogP contribution >= 0.6 is 0 Å². The van der Waals surface area contributed by atoms with Crippen molar-refractivity contribution in [1.29, 1.82) is 0 Å². The van der Waals surface area contributed by atoms with Crippen molar-refractivity contribution in [2.75, 3.05) is 0 Å². The molecule has 2 aromatic rings. The molecule has 0 radical (unpaired) electrons. The Bertz CT molecular complexity index is 649. The van der Waals surface area contributed by atoms with E-state index in [1.54, 1.807) is 6.07 Å². The van der Waals surface area contributed by atoms with Gasteiger partial charge in [0.15, 0.2) is 5.03 Å². The van der Waals surface area contributed by atoms with Gasteiger partial charge in [-0.05, 0) is 18.2 Å². The second-order valence-electron chi connectivity index (χ2n) is 2.92. The zero-order valence-corrected chi connectivity index (χ0v) is 8.81. The molecule has 0 aliphatic rings. The molecule has 6 nitrogen and oxygen atoms in total. The van der Waals surface area contributed by atoms with Gasteiger partial charge in [-0.25, -0.2) is 18.5 Å². The average Bonchev–Trinajstić information content (AvgIpc) is 2.30. The van der Waals surface area contributed by atoms with Crippen molar-refractivity contribution in [3.05, 3.63) is 47.0 Å². The van der Waals surface area contributed by atoms with E-state index in [0.717, 1.165) is 6.07 Å². The molecule has 0 saturated carbocycles. The third-order valence-electron chi connectivity index (χ3n) is 1.89. The third-order valence-corrected chi connectivity index (χ3v) is 3.59. The van der Waals surface area contributed by atoms with Crippen molar-refractivity contribution in [2.24, 2.45) is 0 Å². The highest BCUT2D eigenvalue weighted by molar-refractivity contribution is 7.91. The Morgan fingerprint density at radius 1 is 1.12 bits per heavy atom. The molecule has 0 aromatic carbocycles. The van der Waals surface area contributed by atoms with Gasteiger partial charge in [-0.2, -0.15) is 5.10 Å². The molecule has 1 N–H and O–H groups in total. The lowest BCUT2D eigenvalue weighted by Crippen LogP contribution is -2.18. The highest BCUT2D eigenvalue weighted by atomic mass is 32.2. The Hall–Kier alpha value is -2.02. The maximum absolute atomic E-state index is 11.9. The summed E-state index contributed by atoms with van der Waals surface area (Å²) in [5.74, 6) is 0. The van der Waals surface area contributed by atoms with E-state index < -0.39 is 15.4 Å². The molecule has 2 heterocycles. The van der Waals surface area contributed by atoms with E-state index in [1.165, 1.54) is 24.5 Å². The molecule has 0 spiro atoms. The largest absolute Gasteiger partial charge is 0.283 e. The fourth-order valence-electron chi connectivity index (χ4n) is 1.16. The van der Waals surface area contributed by atoms with Crippen LogP contribution in [-0.4, -0.2) is 23.6 Å². The van der Waals surface area contributed by atoms with Crippen LogP contribution in [0.1, 0.15) is 0 Å². The molecule has 82 valence electrons. The zero-order chi connectivity index (χ0) is 11.6. The highest BCUT2D eigenvalue weighted by Gasteiger charge is 2.21. The first-order valence-electron chi connectivity index (χ1n) is 4.32. The first-order valence-corrected chi connectivity index (χ1v) is 5.80. The van der Waals surface area contributed by atoms with E-state index in [-0.39, 0.29) is 9.92 Å². The maximum Gasteiger partial charge on any atom is 0.283 e. The van der Waals surface area contributed by atoms with Gasteiger partial charge >= 0.3 is 0 Å². The van der Waals surface area contributed by atoms with Gasteiger partial charge in [-0.15, -0.1) is 0 Å². The zero-order valence-electron chi connectivity index (χ0n) is 7.99. The number of hydrogen-bond acceptors (Lipinski definition) is 5. The van der Waals surface area contributed by atoms with E-state index in [9.17, 15) is 13.2 Å². The van der Waals surface area contributed by atoms with Crippen molar-refractivity contribution in [3.63, 3.8) is 0 Å². The molecule has 0 fully saturated rings. The second-order valence-corrected chi connectivity index (χ2v) is 4.79. The van der Waals surface area contributed by atoms with E-state index in [2.05, 4.69) is 15.2 Å². The molecule has 0 unspecified atom stereocenters. The van der Waals surface area contributed by atoms with Gasteiger partial charge in [0, 0.05) is 12.4 Å². The van der Waals surface area contributed by atoms with Gasteiger partial charge in [-0.3, -0.25) is 4.79 Å². The molecule has 0 bridgehead atoms. The summed E-state index contributed by atoms with van der Waals surface area (Å²) in [6.07, 6.45) is 2.56. The maximum atomic E-state index is 11.9. The van der Waals surface area contributed by atoms with Gasteiger partial charge in [-0.1, -0.05) is 6.07 Å². The van der Waals surface area contributed by atoms with Crippen molar-refractivity contribution >= 4 is 9.84 Å². The molecule has 0 amide bonds.